The minimum atomic E-state index is 0.218. The third-order valence-electron chi connectivity index (χ3n) is 2.42. The Bertz CT molecular complexity index is 510. The summed E-state index contributed by atoms with van der Waals surface area (Å²) in [5.41, 5.74) is 1.75. The lowest BCUT2D eigenvalue weighted by Crippen LogP contribution is -2.01. The maximum Gasteiger partial charge on any atom is 0.122 e. The summed E-state index contributed by atoms with van der Waals surface area (Å²) >= 11 is 8.30. The van der Waals surface area contributed by atoms with Gasteiger partial charge in [-0.2, -0.15) is 0 Å². The van der Waals surface area contributed by atoms with Crippen molar-refractivity contribution in [3.8, 4) is 5.75 Å². The Labute approximate surface area is 119 Å². The number of phenols is 1. The van der Waals surface area contributed by atoms with E-state index in [4.69, 9.17) is 11.6 Å². The molecule has 0 aliphatic carbocycles. The summed E-state index contributed by atoms with van der Waals surface area (Å²) in [4.78, 5) is 0. The summed E-state index contributed by atoms with van der Waals surface area (Å²) in [7, 11) is 0. The van der Waals surface area contributed by atoms with Crippen molar-refractivity contribution < 1.29 is 5.11 Å². The molecular weight excluding hydrogens is 349 g/mol. The van der Waals surface area contributed by atoms with E-state index >= 15 is 0 Å². The SMILES string of the molecule is Oc1cccc(Cl)c1CNc1ccccc1I. The molecule has 0 radical (unpaired) electrons. The number of hydrogen-bond acceptors (Lipinski definition) is 2. The molecule has 0 saturated heterocycles. The van der Waals surface area contributed by atoms with Gasteiger partial charge in [0.05, 0.1) is 0 Å². The highest BCUT2D eigenvalue weighted by Crippen LogP contribution is 2.26. The molecule has 88 valence electrons. The fraction of sp³-hybridized carbons (Fsp3) is 0.0769. The molecule has 2 rings (SSSR count). The molecule has 2 nitrogen and oxygen atoms in total. The van der Waals surface area contributed by atoms with E-state index in [-0.39, 0.29) is 5.75 Å². The van der Waals surface area contributed by atoms with Crippen LogP contribution in [0.15, 0.2) is 42.5 Å². The average molecular weight is 360 g/mol. The maximum atomic E-state index is 9.71. The number of para-hydroxylation sites is 1. The van der Waals surface area contributed by atoms with Crippen LogP contribution in [-0.4, -0.2) is 5.11 Å². The van der Waals surface area contributed by atoms with E-state index in [1.54, 1.807) is 18.2 Å². The molecular formula is C13H11ClINO. The van der Waals surface area contributed by atoms with Crippen LogP contribution in [0.5, 0.6) is 5.75 Å². The first-order chi connectivity index (χ1) is 8.18. The monoisotopic (exact) mass is 359 g/mol. The van der Waals surface area contributed by atoms with Crippen LogP contribution < -0.4 is 5.32 Å². The molecule has 0 heterocycles. The van der Waals surface area contributed by atoms with Crippen LogP contribution in [0.2, 0.25) is 5.02 Å². The molecule has 2 N–H and O–H groups in total. The van der Waals surface area contributed by atoms with Gasteiger partial charge in [0.15, 0.2) is 0 Å². The van der Waals surface area contributed by atoms with E-state index in [1.807, 2.05) is 24.3 Å². The average Bonchev–Trinajstić information content (AvgIpc) is 2.30. The second-order valence-corrected chi connectivity index (χ2v) is 5.14. The van der Waals surface area contributed by atoms with Gasteiger partial charge in [-0.1, -0.05) is 29.8 Å². The van der Waals surface area contributed by atoms with Crippen molar-refractivity contribution in [2.75, 3.05) is 5.32 Å². The normalized spacial score (nSPS) is 10.2. The van der Waals surface area contributed by atoms with Crippen molar-refractivity contribution in [3.63, 3.8) is 0 Å². The molecule has 0 amide bonds. The van der Waals surface area contributed by atoms with Gasteiger partial charge in [-0.25, -0.2) is 0 Å². The van der Waals surface area contributed by atoms with Crippen LogP contribution in [0.4, 0.5) is 5.69 Å². The summed E-state index contributed by atoms with van der Waals surface area (Å²) < 4.78 is 1.14. The summed E-state index contributed by atoms with van der Waals surface area (Å²) in [6, 6.07) is 13.1. The Kier molecular flexibility index (Phi) is 4.12. The third-order valence-corrected chi connectivity index (χ3v) is 3.72. The van der Waals surface area contributed by atoms with Gasteiger partial charge >= 0.3 is 0 Å². The standard InChI is InChI=1S/C13H11ClINO/c14-10-4-3-7-13(17)9(10)8-16-12-6-2-1-5-11(12)15/h1-7,16-17H,8H2. The molecule has 0 saturated carbocycles. The van der Waals surface area contributed by atoms with Crippen LogP contribution >= 0.6 is 34.2 Å². The third kappa shape index (κ3) is 3.04. The topological polar surface area (TPSA) is 32.3 Å². The van der Waals surface area contributed by atoms with Crippen LogP contribution in [0, 0.1) is 3.57 Å². The predicted octanol–water partition coefficient (Wildman–Crippen LogP) is 4.26. The summed E-state index contributed by atoms with van der Waals surface area (Å²) in [6.07, 6.45) is 0. The number of aromatic hydroxyl groups is 1. The van der Waals surface area contributed by atoms with Crippen molar-refractivity contribution in [1.82, 2.24) is 0 Å². The Balaban J connectivity index is 2.16. The minimum absolute atomic E-state index is 0.218. The van der Waals surface area contributed by atoms with Gasteiger partial charge in [-0.05, 0) is 46.9 Å². The molecule has 0 unspecified atom stereocenters. The molecule has 0 aromatic heterocycles. The smallest absolute Gasteiger partial charge is 0.122 e. The van der Waals surface area contributed by atoms with E-state index in [2.05, 4.69) is 27.9 Å². The largest absolute Gasteiger partial charge is 0.508 e. The predicted molar refractivity (Wildman–Crippen MR) is 79.6 cm³/mol. The van der Waals surface area contributed by atoms with Crippen LogP contribution in [-0.2, 0) is 6.54 Å². The lowest BCUT2D eigenvalue weighted by Gasteiger charge is -2.11. The van der Waals surface area contributed by atoms with Crippen molar-refractivity contribution in [3.05, 3.63) is 56.6 Å². The zero-order chi connectivity index (χ0) is 12.3. The number of halogens is 2. The second kappa shape index (κ2) is 5.60. The van der Waals surface area contributed by atoms with E-state index in [0.29, 0.717) is 17.1 Å². The Morgan fingerprint density at radius 2 is 1.88 bits per heavy atom. The first-order valence-electron chi connectivity index (χ1n) is 5.13. The number of hydrogen-bond donors (Lipinski definition) is 2. The van der Waals surface area contributed by atoms with Crippen LogP contribution in [0.3, 0.4) is 0 Å². The van der Waals surface area contributed by atoms with Gasteiger partial charge in [0.25, 0.3) is 0 Å². The zero-order valence-electron chi connectivity index (χ0n) is 8.95. The summed E-state index contributed by atoms with van der Waals surface area (Å²) in [5, 5.41) is 13.5. The van der Waals surface area contributed by atoms with Gasteiger partial charge in [0.2, 0.25) is 0 Å². The first kappa shape index (κ1) is 12.5. The highest BCUT2D eigenvalue weighted by Gasteiger charge is 2.06. The zero-order valence-corrected chi connectivity index (χ0v) is 11.9. The lowest BCUT2D eigenvalue weighted by atomic mass is 10.2. The highest BCUT2D eigenvalue weighted by molar-refractivity contribution is 14.1. The van der Waals surface area contributed by atoms with Crippen molar-refractivity contribution in [2.45, 2.75) is 6.54 Å². The second-order valence-electron chi connectivity index (χ2n) is 3.57. The highest BCUT2D eigenvalue weighted by atomic mass is 127. The first-order valence-corrected chi connectivity index (χ1v) is 6.59. The van der Waals surface area contributed by atoms with E-state index in [9.17, 15) is 5.11 Å². The Morgan fingerprint density at radius 1 is 1.12 bits per heavy atom. The van der Waals surface area contributed by atoms with Gasteiger partial charge in [-0.15, -0.1) is 0 Å². The molecule has 0 atom stereocenters. The summed E-state index contributed by atoms with van der Waals surface area (Å²) in [5.74, 6) is 0.218. The minimum Gasteiger partial charge on any atom is -0.508 e. The van der Waals surface area contributed by atoms with Crippen LogP contribution in [0.25, 0.3) is 0 Å². The molecule has 2 aromatic carbocycles. The van der Waals surface area contributed by atoms with Gasteiger partial charge in [-0.3, -0.25) is 0 Å². The molecule has 0 aliphatic rings. The molecule has 17 heavy (non-hydrogen) atoms. The number of nitrogens with one attached hydrogen (secondary N) is 1. The molecule has 2 aromatic rings. The number of benzene rings is 2. The van der Waals surface area contributed by atoms with E-state index in [0.717, 1.165) is 9.26 Å². The Morgan fingerprint density at radius 3 is 2.59 bits per heavy atom. The van der Waals surface area contributed by atoms with Gasteiger partial charge < -0.3 is 10.4 Å². The molecule has 0 aliphatic heterocycles. The van der Waals surface area contributed by atoms with Crippen LogP contribution in [0.1, 0.15) is 5.56 Å². The molecule has 0 bridgehead atoms. The lowest BCUT2D eigenvalue weighted by molar-refractivity contribution is 0.469. The molecule has 4 heteroatoms. The quantitative estimate of drug-likeness (QED) is 0.803. The summed E-state index contributed by atoms with van der Waals surface area (Å²) in [6.45, 7) is 0.505. The maximum absolute atomic E-state index is 9.71. The van der Waals surface area contributed by atoms with Crippen molar-refractivity contribution in [1.29, 1.82) is 0 Å². The fourth-order valence-electron chi connectivity index (χ4n) is 1.51. The van der Waals surface area contributed by atoms with Gasteiger partial charge in [0.1, 0.15) is 5.75 Å². The van der Waals surface area contributed by atoms with Crippen molar-refractivity contribution in [2.24, 2.45) is 0 Å². The molecule has 0 fully saturated rings. The van der Waals surface area contributed by atoms with E-state index in [1.165, 1.54) is 0 Å². The van der Waals surface area contributed by atoms with E-state index < -0.39 is 0 Å². The Hall–Kier alpha value is -0.940. The fourth-order valence-corrected chi connectivity index (χ4v) is 2.32. The number of rotatable bonds is 3. The number of anilines is 1. The molecule has 0 spiro atoms. The van der Waals surface area contributed by atoms with Gasteiger partial charge in [0, 0.05) is 26.4 Å². The van der Waals surface area contributed by atoms with Crippen molar-refractivity contribution >= 4 is 39.9 Å². The number of phenolic OH excluding ortho intramolecular Hbond substituents is 1.